The molecule has 1 heterocycles. The third kappa shape index (κ3) is 3.01. The molecule has 4 nitrogen and oxygen atoms in total. The maximum absolute atomic E-state index is 13.2. The zero-order valence-electron chi connectivity index (χ0n) is 12.6. The molecular weight excluding hydrogens is 319 g/mol. The van der Waals surface area contributed by atoms with Crippen molar-refractivity contribution in [1.29, 1.82) is 0 Å². The highest BCUT2D eigenvalue weighted by atomic mass is 19.2. The van der Waals surface area contributed by atoms with Crippen LogP contribution in [0.1, 0.15) is 16.1 Å². The minimum absolute atomic E-state index is 0.132. The van der Waals surface area contributed by atoms with E-state index in [4.69, 9.17) is 0 Å². The number of benzene rings is 2. The lowest BCUT2D eigenvalue weighted by Crippen LogP contribution is -2.13. The fraction of sp³-hybridized carbons (Fsp3) is 0.0588. The van der Waals surface area contributed by atoms with Crippen LogP contribution in [0.4, 0.5) is 18.9 Å². The number of nitrogens with one attached hydrogen (secondary N) is 1. The second-order valence-corrected chi connectivity index (χ2v) is 5.11. The predicted molar refractivity (Wildman–Crippen MR) is 82.6 cm³/mol. The maximum Gasteiger partial charge on any atom is 0.259 e. The molecule has 3 rings (SSSR count). The van der Waals surface area contributed by atoms with Gasteiger partial charge in [-0.1, -0.05) is 0 Å². The topological polar surface area (TPSA) is 46.9 Å². The van der Waals surface area contributed by atoms with Crippen LogP contribution in [0.3, 0.4) is 0 Å². The number of halogens is 3. The number of anilines is 1. The second kappa shape index (κ2) is 6.19. The van der Waals surface area contributed by atoms with Crippen LogP contribution in [-0.2, 0) is 0 Å². The molecule has 0 saturated carbocycles. The van der Waals surface area contributed by atoms with E-state index in [0.717, 1.165) is 12.1 Å². The zero-order valence-corrected chi connectivity index (χ0v) is 12.6. The van der Waals surface area contributed by atoms with Crippen molar-refractivity contribution in [2.75, 3.05) is 5.32 Å². The Kier molecular flexibility index (Phi) is 4.07. The van der Waals surface area contributed by atoms with Gasteiger partial charge in [-0.05, 0) is 43.3 Å². The molecule has 3 aromatic rings. The number of aromatic nitrogens is 2. The molecule has 0 atom stereocenters. The average molecular weight is 331 g/mol. The van der Waals surface area contributed by atoms with Gasteiger partial charge in [0.1, 0.15) is 5.82 Å². The zero-order chi connectivity index (χ0) is 17.3. The summed E-state index contributed by atoms with van der Waals surface area (Å²) in [4.78, 5) is 12.3. The lowest BCUT2D eigenvalue weighted by atomic mass is 10.2. The predicted octanol–water partition coefficient (Wildman–Crippen LogP) is 3.85. The fourth-order valence-electron chi connectivity index (χ4n) is 2.25. The Hall–Kier alpha value is -3.09. The molecule has 0 aliphatic rings. The number of carbonyl (C=O) groups excluding carboxylic acids is 1. The SMILES string of the molecule is Cc1c(C(=O)Nc2ccc(F)c(F)c2)cnn1-c1ccc(F)cc1. The molecule has 122 valence electrons. The van der Waals surface area contributed by atoms with Crippen LogP contribution in [0.5, 0.6) is 0 Å². The summed E-state index contributed by atoms with van der Waals surface area (Å²) in [7, 11) is 0. The van der Waals surface area contributed by atoms with Gasteiger partial charge in [0, 0.05) is 11.8 Å². The van der Waals surface area contributed by atoms with Gasteiger partial charge in [0.2, 0.25) is 0 Å². The van der Waals surface area contributed by atoms with Gasteiger partial charge >= 0.3 is 0 Å². The summed E-state index contributed by atoms with van der Waals surface area (Å²) in [6.07, 6.45) is 1.36. The van der Waals surface area contributed by atoms with E-state index in [0.29, 0.717) is 11.4 Å². The largest absolute Gasteiger partial charge is 0.322 e. The van der Waals surface area contributed by atoms with Gasteiger partial charge in [-0.25, -0.2) is 17.9 Å². The first-order valence-electron chi connectivity index (χ1n) is 7.02. The smallest absolute Gasteiger partial charge is 0.259 e. The summed E-state index contributed by atoms with van der Waals surface area (Å²) in [5.74, 6) is -2.92. The molecule has 0 saturated heterocycles. The molecule has 0 aliphatic heterocycles. The Morgan fingerprint density at radius 3 is 2.42 bits per heavy atom. The second-order valence-electron chi connectivity index (χ2n) is 5.11. The molecule has 0 fully saturated rings. The summed E-state index contributed by atoms with van der Waals surface area (Å²) < 4.78 is 40.6. The van der Waals surface area contributed by atoms with E-state index in [-0.39, 0.29) is 17.1 Å². The Morgan fingerprint density at radius 2 is 1.75 bits per heavy atom. The highest BCUT2D eigenvalue weighted by Gasteiger charge is 2.16. The molecule has 1 aromatic heterocycles. The van der Waals surface area contributed by atoms with Crippen molar-refractivity contribution in [2.45, 2.75) is 6.92 Å². The van der Waals surface area contributed by atoms with Crippen LogP contribution < -0.4 is 5.32 Å². The lowest BCUT2D eigenvalue weighted by Gasteiger charge is -2.07. The van der Waals surface area contributed by atoms with E-state index in [1.54, 1.807) is 6.92 Å². The lowest BCUT2D eigenvalue weighted by molar-refractivity contribution is 0.102. The van der Waals surface area contributed by atoms with Gasteiger partial charge in [0.05, 0.1) is 23.1 Å². The number of hydrogen-bond donors (Lipinski definition) is 1. The highest BCUT2D eigenvalue weighted by molar-refractivity contribution is 6.04. The first-order chi connectivity index (χ1) is 11.5. The Balaban J connectivity index is 1.85. The quantitative estimate of drug-likeness (QED) is 0.792. The van der Waals surface area contributed by atoms with Crippen LogP contribution in [-0.4, -0.2) is 15.7 Å². The molecule has 0 aliphatic carbocycles. The number of nitrogens with zero attached hydrogens (tertiary/aromatic N) is 2. The standard InChI is InChI=1S/C17H12F3N3O/c1-10-14(9-21-23(10)13-5-2-11(18)3-6-13)17(24)22-12-4-7-15(19)16(20)8-12/h2-9H,1H3,(H,22,24). The molecular formula is C17H12F3N3O. The van der Waals surface area contributed by atoms with Crippen molar-refractivity contribution in [3.05, 3.63) is 77.4 Å². The number of amides is 1. The molecule has 24 heavy (non-hydrogen) atoms. The van der Waals surface area contributed by atoms with Gasteiger partial charge in [-0.15, -0.1) is 0 Å². The molecule has 0 unspecified atom stereocenters. The molecule has 2 aromatic carbocycles. The van der Waals surface area contributed by atoms with Crippen molar-refractivity contribution >= 4 is 11.6 Å². The minimum Gasteiger partial charge on any atom is -0.322 e. The summed E-state index contributed by atoms with van der Waals surface area (Å²) in [5, 5.41) is 6.59. The molecule has 7 heteroatoms. The van der Waals surface area contributed by atoms with E-state index >= 15 is 0 Å². The van der Waals surface area contributed by atoms with Gasteiger partial charge in [-0.2, -0.15) is 5.10 Å². The van der Waals surface area contributed by atoms with Crippen LogP contribution in [0, 0.1) is 24.4 Å². The normalized spacial score (nSPS) is 10.7. The summed E-state index contributed by atoms with van der Waals surface area (Å²) in [6.45, 7) is 1.68. The highest BCUT2D eigenvalue weighted by Crippen LogP contribution is 2.18. The van der Waals surface area contributed by atoms with E-state index in [9.17, 15) is 18.0 Å². The van der Waals surface area contributed by atoms with Gasteiger partial charge in [0.15, 0.2) is 11.6 Å². The van der Waals surface area contributed by atoms with Crippen molar-refractivity contribution < 1.29 is 18.0 Å². The van der Waals surface area contributed by atoms with E-state index in [1.165, 1.54) is 41.2 Å². The van der Waals surface area contributed by atoms with Crippen LogP contribution in [0.15, 0.2) is 48.7 Å². The summed E-state index contributed by atoms with van der Waals surface area (Å²) >= 11 is 0. The average Bonchev–Trinajstić information content (AvgIpc) is 2.93. The van der Waals surface area contributed by atoms with Crippen LogP contribution >= 0.6 is 0 Å². The minimum atomic E-state index is -1.05. The van der Waals surface area contributed by atoms with Crippen LogP contribution in [0.25, 0.3) is 5.69 Å². The Labute approximate surface area is 135 Å². The third-order valence-corrected chi connectivity index (χ3v) is 3.50. The van der Waals surface area contributed by atoms with Gasteiger partial charge in [0.25, 0.3) is 5.91 Å². The van der Waals surface area contributed by atoms with Crippen molar-refractivity contribution in [3.8, 4) is 5.69 Å². The van der Waals surface area contributed by atoms with E-state index in [2.05, 4.69) is 10.4 Å². The maximum atomic E-state index is 13.2. The van der Waals surface area contributed by atoms with Crippen LogP contribution in [0.2, 0.25) is 0 Å². The molecule has 0 spiro atoms. The van der Waals surface area contributed by atoms with E-state index in [1.807, 2.05) is 0 Å². The first kappa shape index (κ1) is 15.8. The Morgan fingerprint density at radius 1 is 1.04 bits per heavy atom. The first-order valence-corrected chi connectivity index (χ1v) is 7.02. The molecule has 1 N–H and O–H groups in total. The van der Waals surface area contributed by atoms with Gasteiger partial charge in [-0.3, -0.25) is 4.79 Å². The molecule has 0 radical (unpaired) electrons. The van der Waals surface area contributed by atoms with E-state index < -0.39 is 17.5 Å². The van der Waals surface area contributed by atoms with Gasteiger partial charge < -0.3 is 5.32 Å². The molecule has 1 amide bonds. The van der Waals surface area contributed by atoms with Crippen molar-refractivity contribution in [1.82, 2.24) is 9.78 Å². The third-order valence-electron chi connectivity index (χ3n) is 3.50. The number of hydrogen-bond acceptors (Lipinski definition) is 2. The summed E-state index contributed by atoms with van der Waals surface area (Å²) in [5.41, 5.74) is 1.53. The number of carbonyl (C=O) groups is 1. The van der Waals surface area contributed by atoms with Crippen molar-refractivity contribution in [2.24, 2.45) is 0 Å². The monoisotopic (exact) mass is 331 g/mol. The molecule has 0 bridgehead atoms. The fourth-order valence-corrected chi connectivity index (χ4v) is 2.25. The summed E-state index contributed by atoms with van der Waals surface area (Å²) in [6, 6.07) is 8.73. The number of rotatable bonds is 3. The van der Waals surface area contributed by atoms with Crippen molar-refractivity contribution in [3.63, 3.8) is 0 Å². The Bertz CT molecular complexity index is 904.